The first-order valence-electron chi connectivity index (χ1n) is 6.19. The number of nitrogen functional groups attached to an aromatic ring is 1. The minimum Gasteiger partial charge on any atom is -0.398 e. The van der Waals surface area contributed by atoms with Crippen molar-refractivity contribution >= 4 is 22.1 Å². The van der Waals surface area contributed by atoms with E-state index in [-0.39, 0.29) is 10.6 Å². The van der Waals surface area contributed by atoms with Gasteiger partial charge in [-0.1, -0.05) is 48.5 Å². The van der Waals surface area contributed by atoms with Crippen LogP contribution in [-0.4, -0.2) is 4.92 Å². The molecule has 0 aliphatic carbocycles. The van der Waals surface area contributed by atoms with Gasteiger partial charge in [-0.05, 0) is 11.5 Å². The Hall–Kier alpha value is -2.88. The molecule has 20 heavy (non-hydrogen) atoms. The second-order valence-electron chi connectivity index (χ2n) is 4.52. The highest BCUT2D eigenvalue weighted by Crippen LogP contribution is 2.36. The number of fused-ring (bicyclic) bond motifs is 1. The molecule has 0 saturated heterocycles. The Morgan fingerprint density at radius 3 is 2.35 bits per heavy atom. The topological polar surface area (TPSA) is 69.2 Å². The van der Waals surface area contributed by atoms with E-state index < -0.39 is 0 Å². The monoisotopic (exact) mass is 264 g/mol. The summed E-state index contributed by atoms with van der Waals surface area (Å²) in [4.78, 5) is 10.7. The lowest BCUT2D eigenvalue weighted by Crippen LogP contribution is -1.96. The predicted molar refractivity (Wildman–Crippen MR) is 80.5 cm³/mol. The lowest BCUT2D eigenvalue weighted by Gasteiger charge is -2.09. The van der Waals surface area contributed by atoms with Crippen LogP contribution in [0, 0.1) is 10.1 Å². The number of benzene rings is 3. The third-order valence-electron chi connectivity index (χ3n) is 3.36. The zero-order chi connectivity index (χ0) is 14.1. The highest BCUT2D eigenvalue weighted by Gasteiger charge is 2.16. The van der Waals surface area contributed by atoms with Gasteiger partial charge in [0.1, 0.15) is 0 Å². The maximum absolute atomic E-state index is 11.1. The molecule has 0 fully saturated rings. The van der Waals surface area contributed by atoms with E-state index in [4.69, 9.17) is 5.73 Å². The molecule has 4 nitrogen and oxygen atoms in total. The summed E-state index contributed by atoms with van der Waals surface area (Å²) in [5.41, 5.74) is 8.06. The quantitative estimate of drug-likeness (QED) is 0.432. The number of nitro groups is 1. The van der Waals surface area contributed by atoms with E-state index in [1.807, 2.05) is 36.4 Å². The Morgan fingerprint density at radius 2 is 1.55 bits per heavy atom. The first-order chi connectivity index (χ1) is 9.68. The summed E-state index contributed by atoms with van der Waals surface area (Å²) in [6.07, 6.45) is 0. The molecular weight excluding hydrogens is 252 g/mol. The number of hydrogen-bond acceptors (Lipinski definition) is 3. The molecule has 4 heteroatoms. The molecule has 0 amide bonds. The Kier molecular flexibility index (Phi) is 2.84. The second kappa shape index (κ2) is 4.66. The molecule has 0 spiro atoms. The minimum atomic E-state index is -0.385. The van der Waals surface area contributed by atoms with Crippen molar-refractivity contribution in [1.29, 1.82) is 0 Å². The van der Waals surface area contributed by atoms with Crippen LogP contribution in [0.5, 0.6) is 0 Å². The van der Waals surface area contributed by atoms with Crippen molar-refractivity contribution in [2.45, 2.75) is 0 Å². The fourth-order valence-electron chi connectivity index (χ4n) is 2.39. The van der Waals surface area contributed by atoms with Crippen LogP contribution in [-0.2, 0) is 0 Å². The van der Waals surface area contributed by atoms with Crippen LogP contribution in [0.4, 0.5) is 11.4 Å². The van der Waals surface area contributed by atoms with Crippen LogP contribution >= 0.6 is 0 Å². The number of hydrogen-bond donors (Lipinski definition) is 1. The lowest BCUT2D eigenvalue weighted by atomic mass is 9.97. The number of nitrogens with zero attached hydrogens (tertiary/aromatic N) is 1. The molecular formula is C16H12N2O2. The molecule has 3 aromatic carbocycles. The van der Waals surface area contributed by atoms with E-state index in [2.05, 4.69) is 0 Å². The van der Waals surface area contributed by atoms with E-state index in [9.17, 15) is 10.1 Å². The number of nitrogens with two attached hydrogens (primary N) is 1. The van der Waals surface area contributed by atoms with Crippen LogP contribution in [0.15, 0.2) is 60.7 Å². The van der Waals surface area contributed by atoms with Crippen molar-refractivity contribution in [1.82, 2.24) is 0 Å². The zero-order valence-corrected chi connectivity index (χ0v) is 10.6. The summed E-state index contributed by atoms with van der Waals surface area (Å²) in [7, 11) is 0. The lowest BCUT2D eigenvalue weighted by molar-refractivity contribution is -0.384. The normalized spacial score (nSPS) is 10.6. The molecule has 0 radical (unpaired) electrons. The molecule has 2 N–H and O–H groups in total. The largest absolute Gasteiger partial charge is 0.398 e. The maximum Gasteiger partial charge on any atom is 0.277 e. The first-order valence-corrected chi connectivity index (χ1v) is 6.19. The molecule has 0 bridgehead atoms. The minimum absolute atomic E-state index is 0.0643. The predicted octanol–water partition coefficient (Wildman–Crippen LogP) is 4.00. The number of anilines is 1. The first kappa shape index (κ1) is 12.2. The molecule has 0 aliphatic rings. The van der Waals surface area contributed by atoms with Crippen molar-refractivity contribution in [3.05, 3.63) is 70.8 Å². The van der Waals surface area contributed by atoms with Gasteiger partial charge in [0.05, 0.1) is 10.5 Å². The fraction of sp³-hybridized carbons (Fsp3) is 0. The van der Waals surface area contributed by atoms with Crippen LogP contribution in [0.25, 0.3) is 21.9 Å². The highest BCUT2D eigenvalue weighted by molar-refractivity contribution is 6.01. The van der Waals surface area contributed by atoms with E-state index in [1.54, 1.807) is 18.2 Å². The van der Waals surface area contributed by atoms with Gasteiger partial charge in [-0.3, -0.25) is 10.1 Å². The molecule has 0 unspecified atom stereocenters. The zero-order valence-electron chi connectivity index (χ0n) is 10.6. The Balaban J connectivity index is 2.31. The van der Waals surface area contributed by atoms with Gasteiger partial charge in [0, 0.05) is 22.7 Å². The van der Waals surface area contributed by atoms with Crippen LogP contribution in [0.2, 0.25) is 0 Å². The van der Waals surface area contributed by atoms with Crippen LogP contribution in [0.1, 0.15) is 0 Å². The molecule has 0 aromatic heterocycles. The summed E-state index contributed by atoms with van der Waals surface area (Å²) in [5, 5.41) is 13.1. The van der Waals surface area contributed by atoms with Gasteiger partial charge in [0.15, 0.2) is 0 Å². The third-order valence-corrected chi connectivity index (χ3v) is 3.36. The fourth-order valence-corrected chi connectivity index (χ4v) is 2.39. The summed E-state index contributed by atoms with van der Waals surface area (Å²) in [5.74, 6) is 0. The molecule has 98 valence electrons. The second-order valence-corrected chi connectivity index (χ2v) is 4.52. The van der Waals surface area contributed by atoms with E-state index in [0.717, 1.165) is 10.8 Å². The van der Waals surface area contributed by atoms with Gasteiger partial charge in [-0.15, -0.1) is 0 Å². The van der Waals surface area contributed by atoms with Gasteiger partial charge < -0.3 is 5.73 Å². The molecule has 0 aliphatic heterocycles. The van der Waals surface area contributed by atoms with E-state index in [1.165, 1.54) is 6.07 Å². The highest BCUT2D eigenvalue weighted by atomic mass is 16.6. The van der Waals surface area contributed by atoms with Gasteiger partial charge in [-0.25, -0.2) is 0 Å². The number of rotatable bonds is 2. The van der Waals surface area contributed by atoms with E-state index in [0.29, 0.717) is 16.8 Å². The van der Waals surface area contributed by atoms with Gasteiger partial charge in [-0.2, -0.15) is 0 Å². The Bertz CT molecular complexity index is 812. The maximum atomic E-state index is 11.1. The third kappa shape index (κ3) is 1.87. The average Bonchev–Trinajstić information content (AvgIpc) is 2.48. The van der Waals surface area contributed by atoms with Crippen LogP contribution in [0.3, 0.4) is 0 Å². The van der Waals surface area contributed by atoms with Crippen molar-refractivity contribution in [2.75, 3.05) is 5.73 Å². The molecule has 3 rings (SSSR count). The summed E-state index contributed by atoms with van der Waals surface area (Å²) >= 11 is 0. The average molecular weight is 264 g/mol. The summed E-state index contributed by atoms with van der Waals surface area (Å²) < 4.78 is 0. The number of para-hydroxylation sites is 1. The molecule has 0 atom stereocenters. The summed E-state index contributed by atoms with van der Waals surface area (Å²) in [6, 6.07) is 18.1. The van der Waals surface area contributed by atoms with Crippen LogP contribution < -0.4 is 5.73 Å². The Labute approximate surface area is 115 Å². The van der Waals surface area contributed by atoms with Crippen molar-refractivity contribution < 1.29 is 4.92 Å². The van der Waals surface area contributed by atoms with Crippen molar-refractivity contribution in [3.8, 4) is 11.1 Å². The SMILES string of the molecule is Nc1c(-c2ccccc2[N+](=O)[O-])ccc2ccccc12. The van der Waals surface area contributed by atoms with Gasteiger partial charge in [0.25, 0.3) is 5.69 Å². The molecule has 0 saturated carbocycles. The smallest absolute Gasteiger partial charge is 0.277 e. The van der Waals surface area contributed by atoms with E-state index >= 15 is 0 Å². The van der Waals surface area contributed by atoms with Crippen molar-refractivity contribution in [3.63, 3.8) is 0 Å². The van der Waals surface area contributed by atoms with Gasteiger partial charge >= 0.3 is 0 Å². The van der Waals surface area contributed by atoms with Crippen molar-refractivity contribution in [2.24, 2.45) is 0 Å². The molecule has 3 aromatic rings. The summed E-state index contributed by atoms with van der Waals surface area (Å²) in [6.45, 7) is 0. The van der Waals surface area contributed by atoms with Gasteiger partial charge in [0.2, 0.25) is 0 Å². The Morgan fingerprint density at radius 1 is 0.850 bits per heavy atom. The number of nitro benzene ring substituents is 1. The molecule has 0 heterocycles. The standard InChI is InChI=1S/C16H12N2O2/c17-16-12-6-2-1-5-11(12)9-10-14(16)13-7-3-4-8-15(13)18(19)20/h1-10H,17H2.